The van der Waals surface area contributed by atoms with Crippen LogP contribution in [0.4, 0.5) is 10.9 Å². The summed E-state index contributed by atoms with van der Waals surface area (Å²) in [6.07, 6.45) is 16.5. The Labute approximate surface area is 475 Å². The van der Waals surface area contributed by atoms with Gasteiger partial charge in [-0.05, 0) is 126 Å². The van der Waals surface area contributed by atoms with Crippen molar-refractivity contribution < 1.29 is 20.5 Å². The van der Waals surface area contributed by atoms with Crippen LogP contribution in [-0.2, 0) is 14.3 Å². The second kappa shape index (κ2) is 31.6. The highest BCUT2D eigenvalue weighted by molar-refractivity contribution is 7.22. The summed E-state index contributed by atoms with van der Waals surface area (Å²) in [5.41, 5.74) is 25.7. The van der Waals surface area contributed by atoms with E-state index in [2.05, 4.69) is 52.0 Å². The molecule has 0 saturated heterocycles. The number of hydrogen-bond donors (Lipinski definition) is 4. The molecule has 0 bridgehead atoms. The lowest BCUT2D eigenvalue weighted by atomic mass is 9.44. The first-order chi connectivity index (χ1) is 37.1. The molecular weight excluding hydrogens is 995 g/mol. The van der Waals surface area contributed by atoms with Gasteiger partial charge in [0, 0.05) is 96.5 Å². The Balaban J connectivity index is 0.00000540. The van der Waals surface area contributed by atoms with Crippen molar-refractivity contribution in [2.75, 3.05) is 78.2 Å². The van der Waals surface area contributed by atoms with E-state index < -0.39 is 12.3 Å². The van der Waals surface area contributed by atoms with Gasteiger partial charge in [0.25, 0.3) is 5.91 Å². The topological polar surface area (TPSA) is 202 Å². The number of aromatic nitrogens is 2. The third kappa shape index (κ3) is 17.9. The lowest BCUT2D eigenvalue weighted by Gasteiger charge is -2.61. The van der Waals surface area contributed by atoms with Crippen molar-refractivity contribution in [2.45, 2.75) is 171 Å². The summed E-state index contributed by atoms with van der Waals surface area (Å²) in [5, 5.41) is 4.07. The van der Waals surface area contributed by atoms with E-state index in [4.69, 9.17) is 36.9 Å². The Hall–Kier alpha value is -5.16. The van der Waals surface area contributed by atoms with Crippen LogP contribution >= 0.6 is 11.3 Å². The van der Waals surface area contributed by atoms with Crippen LogP contribution in [0.5, 0.6) is 0 Å². The van der Waals surface area contributed by atoms with E-state index in [1.807, 2.05) is 87.0 Å². The van der Waals surface area contributed by atoms with Crippen molar-refractivity contribution in [2.24, 2.45) is 44.9 Å². The van der Waals surface area contributed by atoms with E-state index in [1.54, 1.807) is 38.6 Å². The summed E-state index contributed by atoms with van der Waals surface area (Å²) in [5.74, 6) is 2.63. The Bertz CT molecular complexity index is 2510. The molecule has 0 aliphatic heterocycles. The number of ketones is 1. The minimum absolute atomic E-state index is 0. The predicted molar refractivity (Wildman–Crippen MR) is 330 cm³/mol. The van der Waals surface area contributed by atoms with E-state index in [9.17, 15) is 14.4 Å². The summed E-state index contributed by atoms with van der Waals surface area (Å²) >= 11 is 1.54. The standard InChI is InChI=1S/C60H95N11O4S.C2H6.H2/c1-13-59(7)37-49(75-35-34-68(8)9)54-43(4)44(5)60(54,39-59)40-64-45(6)47(38-61)46-30-31-52(66-55(46)57(74)69(10)11)71(51(62)36-41(2)56(63)67-58-65-48-27-22-23-28-50(48)76-58)33-25-24-32-70(12)53(73)29-21-19-17-15-14-16-18-20-26-42(3)72;1-2;/h22-23,27-28,30-31,36,38,43-44,51,56H,13-21,24-26,29,32-35,37,39-40,61-63H2,1-12H3,(H,65,67);1-2H3;1H/b41-36-,47-38+,64-45?;;. The Morgan fingerprint density at radius 2 is 1.53 bits per heavy atom. The van der Waals surface area contributed by atoms with Crippen molar-refractivity contribution in [1.29, 1.82) is 0 Å². The van der Waals surface area contributed by atoms with Crippen LogP contribution in [0.2, 0.25) is 0 Å². The number of allylic oxidation sites excluding steroid dienone is 2. The molecule has 0 radical (unpaired) electrons. The predicted octanol–water partition coefficient (Wildman–Crippen LogP) is 11.9. The number of fused-ring (bicyclic) bond motifs is 2. The number of nitrogens with one attached hydrogen (secondary N) is 1. The van der Waals surface area contributed by atoms with Crippen LogP contribution < -0.4 is 27.4 Å². The molecule has 1 fully saturated rings. The summed E-state index contributed by atoms with van der Waals surface area (Å²) in [7, 11) is 9.48. The summed E-state index contributed by atoms with van der Waals surface area (Å²) in [6, 6.07) is 11.8. The molecule has 436 valence electrons. The highest BCUT2D eigenvalue weighted by Gasteiger charge is 2.60. The maximum atomic E-state index is 14.3. The Morgan fingerprint density at radius 1 is 0.885 bits per heavy atom. The van der Waals surface area contributed by atoms with Crippen molar-refractivity contribution in [3.8, 4) is 0 Å². The van der Waals surface area contributed by atoms with Gasteiger partial charge in [-0.25, -0.2) is 9.97 Å². The zero-order valence-corrected chi connectivity index (χ0v) is 51.3. The number of ether oxygens (including phenoxy) is 1. The molecule has 5 rings (SSSR count). The molecule has 1 aromatic carbocycles. The van der Waals surface area contributed by atoms with E-state index in [0.717, 1.165) is 104 Å². The Kier molecular flexibility index (Phi) is 26.5. The number of amides is 2. The highest BCUT2D eigenvalue weighted by atomic mass is 32.1. The number of nitrogens with two attached hydrogens (primary N) is 3. The molecule has 6 unspecified atom stereocenters. The molecule has 1 saturated carbocycles. The molecule has 15 nitrogen and oxygen atoms in total. The number of thiazole rings is 1. The van der Waals surface area contributed by atoms with Gasteiger partial charge < -0.3 is 51.6 Å². The van der Waals surface area contributed by atoms with Gasteiger partial charge in [-0.3, -0.25) is 14.6 Å². The fourth-order valence-corrected chi connectivity index (χ4v) is 12.0. The average molecular weight is 1100 g/mol. The largest absolute Gasteiger partial charge is 0.497 e. The molecule has 2 aliphatic rings. The summed E-state index contributed by atoms with van der Waals surface area (Å²) < 4.78 is 7.70. The lowest BCUT2D eigenvalue weighted by Crippen LogP contribution is -2.56. The molecule has 7 N–H and O–H groups in total. The maximum absolute atomic E-state index is 14.3. The number of aliphatic imine (C=N–C) groups is 1. The van der Waals surface area contributed by atoms with Crippen molar-refractivity contribution in [1.82, 2.24) is 24.7 Å². The third-order valence-corrected chi connectivity index (χ3v) is 17.2. The second-order valence-corrected chi connectivity index (χ2v) is 23.8. The smallest absolute Gasteiger partial charge is 0.272 e. The number of pyridine rings is 1. The van der Waals surface area contributed by atoms with Gasteiger partial charge in [-0.2, -0.15) is 0 Å². The van der Waals surface area contributed by atoms with Crippen molar-refractivity contribution >= 4 is 61.4 Å². The molecule has 0 spiro atoms. The molecule has 2 aromatic heterocycles. The number of para-hydroxylation sites is 1. The van der Waals surface area contributed by atoms with Crippen LogP contribution in [-0.4, -0.2) is 128 Å². The highest BCUT2D eigenvalue weighted by Crippen LogP contribution is 2.66. The number of rotatable bonds is 32. The van der Waals surface area contributed by atoms with Gasteiger partial charge >= 0.3 is 0 Å². The van der Waals surface area contributed by atoms with Crippen LogP contribution in [0.1, 0.15) is 176 Å². The van der Waals surface area contributed by atoms with Gasteiger partial charge in [-0.15, -0.1) is 0 Å². The zero-order chi connectivity index (χ0) is 57.7. The molecule has 16 heteroatoms. The molecule has 78 heavy (non-hydrogen) atoms. The number of carbonyl (C=O) groups excluding carboxylic acids is 3. The van der Waals surface area contributed by atoms with Gasteiger partial charge in [0.15, 0.2) is 5.13 Å². The lowest BCUT2D eigenvalue weighted by molar-refractivity contribution is -0.130. The first kappa shape index (κ1) is 65.4. The van der Waals surface area contributed by atoms with Gasteiger partial charge in [0.05, 0.1) is 28.3 Å². The van der Waals surface area contributed by atoms with E-state index >= 15 is 0 Å². The van der Waals surface area contributed by atoms with Crippen molar-refractivity contribution in [3.05, 3.63) is 76.8 Å². The summed E-state index contributed by atoms with van der Waals surface area (Å²) in [4.78, 5) is 61.4. The number of unbranched alkanes of at least 4 members (excludes halogenated alkanes) is 8. The molecule has 2 amide bonds. The summed E-state index contributed by atoms with van der Waals surface area (Å²) in [6.45, 7) is 22.1. The van der Waals surface area contributed by atoms with E-state index in [-0.39, 0.29) is 35.5 Å². The number of likely N-dealkylation sites (N-methyl/N-ethyl adjacent to an activating group) is 1. The van der Waals surface area contributed by atoms with Crippen LogP contribution in [0.25, 0.3) is 15.8 Å². The molecule has 2 aliphatic carbocycles. The van der Waals surface area contributed by atoms with Gasteiger partial charge in [-0.1, -0.05) is 110 Å². The zero-order valence-electron chi connectivity index (χ0n) is 50.5. The van der Waals surface area contributed by atoms with E-state index in [0.29, 0.717) is 79.4 Å². The number of nitrogens with zero attached hydrogens (tertiary/aromatic N) is 7. The minimum Gasteiger partial charge on any atom is -0.497 e. The molecule has 2 heterocycles. The number of Topliss-reactive ketones (excluding diaryl/α,β-unsaturated/α-hetero) is 1. The van der Waals surface area contributed by atoms with E-state index in [1.165, 1.54) is 16.9 Å². The molecular formula is C62H103N11O4S. The number of anilines is 2. The average Bonchev–Trinajstić information content (AvgIpc) is 3.81. The maximum Gasteiger partial charge on any atom is 0.272 e. The number of benzene rings is 1. The van der Waals surface area contributed by atoms with Crippen LogP contribution in [0.15, 0.2) is 70.6 Å². The fourth-order valence-electron chi connectivity index (χ4n) is 11.1. The SMILES string of the molecule is CC.CCC1(C)CC(OCCN(C)C)=C2C(C)C(C)C2(CN=C(C)/C(=C\N)c2ccc(N(CCCCN(C)C(=O)CCCCCCCCCCC(C)=O)C(N)/C=C(/C)C(N)Nc3nc4ccccc4s3)nc2C(=O)N(C)C)C1.[HH]. The monoisotopic (exact) mass is 1100 g/mol. The van der Waals surface area contributed by atoms with Crippen LogP contribution in [0.3, 0.4) is 0 Å². The van der Waals surface area contributed by atoms with Gasteiger partial charge in [0.1, 0.15) is 23.9 Å². The third-order valence-electron chi connectivity index (χ3n) is 16.2. The quantitative estimate of drug-likeness (QED) is 0.0200. The molecule has 6 atom stereocenters. The number of hydrogen-bond acceptors (Lipinski definition) is 14. The second-order valence-electron chi connectivity index (χ2n) is 22.7. The van der Waals surface area contributed by atoms with Gasteiger partial charge in [0.2, 0.25) is 5.91 Å². The van der Waals surface area contributed by atoms with Crippen LogP contribution in [0, 0.1) is 22.7 Å². The fraction of sp³-hybridized carbons (Fsp3) is 0.645. The Morgan fingerprint density at radius 3 is 2.14 bits per heavy atom. The minimum atomic E-state index is -0.675. The number of carbonyl (C=O) groups is 3. The van der Waals surface area contributed by atoms with Crippen molar-refractivity contribution in [3.63, 3.8) is 0 Å². The molecule has 3 aromatic rings. The first-order valence-electron chi connectivity index (χ1n) is 29.1. The first-order valence-corrected chi connectivity index (χ1v) is 30.0. The normalized spacial score (nSPS) is 20.3.